The van der Waals surface area contributed by atoms with Crippen molar-refractivity contribution in [3.05, 3.63) is 24.0 Å². The lowest BCUT2D eigenvalue weighted by molar-refractivity contribution is 0.213. The number of rotatable bonds is 5. The summed E-state index contributed by atoms with van der Waals surface area (Å²) in [5, 5.41) is 4.88. The number of benzene rings is 1. The maximum absolute atomic E-state index is 13.9. The first-order chi connectivity index (χ1) is 9.60. The standard InChI is InChI=1S/C12H17FN2O4S2/c1-2-12(6-3-7-12)15-21(18,19)11-5-4-9(8-10(11)13)20(14,16)17/h4-5,8,15H,2-3,6-7H2,1H3,(H2,14,16,17). The molecule has 0 unspecified atom stereocenters. The minimum atomic E-state index is -4.08. The SMILES string of the molecule is CCC1(NS(=O)(=O)c2ccc(S(N)(=O)=O)cc2F)CCC1. The number of primary sulfonamides is 1. The second kappa shape index (κ2) is 5.31. The van der Waals surface area contributed by atoms with Gasteiger partial charge in [0, 0.05) is 5.54 Å². The van der Waals surface area contributed by atoms with E-state index in [1.807, 2.05) is 6.92 Å². The molecule has 3 N–H and O–H groups in total. The molecule has 9 heteroatoms. The van der Waals surface area contributed by atoms with E-state index in [4.69, 9.17) is 5.14 Å². The first-order valence-corrected chi connectivity index (χ1v) is 9.49. The predicted molar refractivity (Wildman–Crippen MR) is 75.0 cm³/mol. The Morgan fingerprint density at radius 3 is 2.29 bits per heavy atom. The van der Waals surface area contributed by atoms with Crippen LogP contribution in [-0.2, 0) is 20.0 Å². The second-order valence-corrected chi connectivity index (χ2v) is 8.44. The number of sulfonamides is 2. The van der Waals surface area contributed by atoms with E-state index in [0.29, 0.717) is 25.3 Å². The topological polar surface area (TPSA) is 106 Å². The fourth-order valence-corrected chi connectivity index (χ4v) is 4.46. The zero-order chi connectivity index (χ0) is 15.9. The number of nitrogens with two attached hydrogens (primary N) is 1. The van der Waals surface area contributed by atoms with Gasteiger partial charge < -0.3 is 0 Å². The summed E-state index contributed by atoms with van der Waals surface area (Å²) in [4.78, 5) is -1.04. The first kappa shape index (κ1) is 16.3. The van der Waals surface area contributed by atoms with E-state index in [9.17, 15) is 21.2 Å². The Hall–Kier alpha value is -1.03. The summed E-state index contributed by atoms with van der Waals surface area (Å²) in [5.74, 6) is -1.14. The Labute approximate surface area is 123 Å². The van der Waals surface area contributed by atoms with Crippen LogP contribution >= 0.6 is 0 Å². The van der Waals surface area contributed by atoms with E-state index in [2.05, 4.69) is 4.72 Å². The van der Waals surface area contributed by atoms with Gasteiger partial charge in [-0.15, -0.1) is 0 Å². The Kier molecular flexibility index (Phi) is 4.13. The fraction of sp³-hybridized carbons (Fsp3) is 0.500. The molecule has 1 fully saturated rings. The molecule has 0 saturated heterocycles. The van der Waals surface area contributed by atoms with Crippen molar-refractivity contribution in [3.8, 4) is 0 Å². The maximum atomic E-state index is 13.9. The molecule has 0 bridgehead atoms. The van der Waals surface area contributed by atoms with Gasteiger partial charge in [0.2, 0.25) is 20.0 Å². The summed E-state index contributed by atoms with van der Waals surface area (Å²) >= 11 is 0. The number of halogens is 1. The highest BCUT2D eigenvalue weighted by atomic mass is 32.2. The van der Waals surface area contributed by atoms with Crippen LogP contribution in [0.3, 0.4) is 0 Å². The number of nitrogens with one attached hydrogen (secondary N) is 1. The molecule has 6 nitrogen and oxygen atoms in total. The van der Waals surface area contributed by atoms with E-state index in [1.165, 1.54) is 0 Å². The monoisotopic (exact) mass is 336 g/mol. The highest BCUT2D eigenvalue weighted by Gasteiger charge is 2.39. The van der Waals surface area contributed by atoms with Gasteiger partial charge in [-0.2, -0.15) is 0 Å². The van der Waals surface area contributed by atoms with Crippen LogP contribution < -0.4 is 9.86 Å². The largest absolute Gasteiger partial charge is 0.243 e. The van der Waals surface area contributed by atoms with Crippen molar-refractivity contribution in [1.82, 2.24) is 4.72 Å². The summed E-state index contributed by atoms with van der Waals surface area (Å²) in [6.07, 6.45) is 2.95. The van der Waals surface area contributed by atoms with E-state index < -0.39 is 41.2 Å². The third-order valence-corrected chi connectivity index (χ3v) is 6.38. The lowest BCUT2D eigenvalue weighted by Gasteiger charge is -2.41. The first-order valence-electron chi connectivity index (χ1n) is 6.46. The van der Waals surface area contributed by atoms with Crippen LogP contribution in [0.15, 0.2) is 28.0 Å². The van der Waals surface area contributed by atoms with E-state index in [1.54, 1.807) is 0 Å². The summed E-state index contributed by atoms with van der Waals surface area (Å²) in [5.41, 5.74) is -0.524. The highest BCUT2D eigenvalue weighted by Crippen LogP contribution is 2.36. The van der Waals surface area contributed by atoms with Gasteiger partial charge in [-0.05, 0) is 43.9 Å². The van der Waals surface area contributed by atoms with Crippen LogP contribution in [0.25, 0.3) is 0 Å². The van der Waals surface area contributed by atoms with Crippen LogP contribution in [0, 0.1) is 5.82 Å². The molecule has 0 atom stereocenters. The minimum absolute atomic E-state index is 0.465. The Morgan fingerprint density at radius 2 is 1.90 bits per heavy atom. The quantitative estimate of drug-likeness (QED) is 0.839. The number of hydrogen-bond donors (Lipinski definition) is 2. The maximum Gasteiger partial charge on any atom is 0.243 e. The fourth-order valence-electron chi connectivity index (χ4n) is 2.35. The molecule has 0 aliphatic heterocycles. The van der Waals surface area contributed by atoms with Crippen molar-refractivity contribution in [2.45, 2.75) is 47.9 Å². The smallest absolute Gasteiger partial charge is 0.225 e. The van der Waals surface area contributed by atoms with Crippen molar-refractivity contribution < 1.29 is 21.2 Å². The van der Waals surface area contributed by atoms with Crippen LogP contribution in [0.1, 0.15) is 32.6 Å². The third kappa shape index (κ3) is 3.25. The van der Waals surface area contributed by atoms with Gasteiger partial charge in [-0.3, -0.25) is 0 Å². The summed E-state index contributed by atoms with van der Waals surface area (Å²) in [6, 6.07) is 2.51. The normalized spacial score (nSPS) is 18.2. The van der Waals surface area contributed by atoms with Crippen LogP contribution in [0.4, 0.5) is 4.39 Å². The van der Waals surface area contributed by atoms with Gasteiger partial charge in [-0.1, -0.05) is 6.92 Å². The Morgan fingerprint density at radius 1 is 1.29 bits per heavy atom. The zero-order valence-corrected chi connectivity index (χ0v) is 13.1. The van der Waals surface area contributed by atoms with Gasteiger partial charge in [0.15, 0.2) is 0 Å². The zero-order valence-electron chi connectivity index (χ0n) is 11.5. The molecule has 2 rings (SSSR count). The lowest BCUT2D eigenvalue weighted by atomic mass is 9.76. The van der Waals surface area contributed by atoms with E-state index in [0.717, 1.165) is 18.6 Å². The lowest BCUT2D eigenvalue weighted by Crippen LogP contribution is -2.52. The average Bonchev–Trinajstić information content (AvgIpc) is 2.32. The summed E-state index contributed by atoms with van der Waals surface area (Å²) < 4.78 is 63.2. The van der Waals surface area contributed by atoms with Crippen molar-refractivity contribution in [3.63, 3.8) is 0 Å². The van der Waals surface area contributed by atoms with Gasteiger partial charge >= 0.3 is 0 Å². The van der Waals surface area contributed by atoms with Crippen molar-refractivity contribution >= 4 is 20.0 Å². The van der Waals surface area contributed by atoms with Crippen LogP contribution in [0.2, 0.25) is 0 Å². The van der Waals surface area contributed by atoms with Gasteiger partial charge in [0.25, 0.3) is 0 Å². The molecule has 1 aliphatic rings. The molecule has 1 aliphatic carbocycles. The molecule has 0 spiro atoms. The van der Waals surface area contributed by atoms with Crippen LogP contribution in [0.5, 0.6) is 0 Å². The summed E-state index contributed by atoms with van der Waals surface area (Å²) in [6.45, 7) is 1.86. The van der Waals surface area contributed by atoms with Gasteiger partial charge in [-0.25, -0.2) is 31.1 Å². The molecule has 1 aromatic carbocycles. The molecule has 1 saturated carbocycles. The third-order valence-electron chi connectivity index (χ3n) is 3.86. The van der Waals surface area contributed by atoms with Crippen LogP contribution in [-0.4, -0.2) is 22.4 Å². The Bertz CT molecular complexity index is 750. The average molecular weight is 336 g/mol. The van der Waals surface area contributed by atoms with Gasteiger partial charge in [0.1, 0.15) is 10.7 Å². The molecule has 0 amide bonds. The summed E-state index contributed by atoms with van der Waals surface area (Å²) in [7, 11) is -8.12. The predicted octanol–water partition coefficient (Wildman–Crippen LogP) is 1.08. The molecular weight excluding hydrogens is 319 g/mol. The molecule has 118 valence electrons. The minimum Gasteiger partial charge on any atom is -0.225 e. The van der Waals surface area contributed by atoms with Crippen molar-refractivity contribution in [1.29, 1.82) is 0 Å². The molecule has 1 aromatic rings. The van der Waals surface area contributed by atoms with E-state index >= 15 is 0 Å². The second-order valence-electron chi connectivity index (χ2n) is 5.23. The van der Waals surface area contributed by atoms with Crippen molar-refractivity contribution in [2.75, 3.05) is 0 Å². The van der Waals surface area contributed by atoms with Gasteiger partial charge in [0.05, 0.1) is 4.90 Å². The molecule has 0 aromatic heterocycles. The Balaban J connectivity index is 2.37. The number of hydrogen-bond acceptors (Lipinski definition) is 4. The van der Waals surface area contributed by atoms with E-state index in [-0.39, 0.29) is 0 Å². The molecule has 21 heavy (non-hydrogen) atoms. The molecular formula is C12H17FN2O4S2. The molecule has 0 heterocycles. The highest BCUT2D eigenvalue weighted by molar-refractivity contribution is 7.89. The molecule has 0 radical (unpaired) electrons. The van der Waals surface area contributed by atoms with Crippen molar-refractivity contribution in [2.24, 2.45) is 5.14 Å².